The molecule has 3 aromatic heterocycles. The van der Waals surface area contributed by atoms with Crippen molar-refractivity contribution in [1.29, 1.82) is 0 Å². The highest BCUT2D eigenvalue weighted by Gasteiger charge is 2.16. The Bertz CT molecular complexity index is 1170. The number of thiophene rings is 1. The van der Waals surface area contributed by atoms with Gasteiger partial charge in [-0.1, -0.05) is 0 Å². The molecular formula is C18H16N6O2S2. The van der Waals surface area contributed by atoms with E-state index < -0.39 is 10.0 Å². The molecule has 1 aromatic carbocycles. The Kier molecular flexibility index (Phi) is 4.80. The average Bonchev–Trinajstić information content (AvgIpc) is 3.36. The Labute approximate surface area is 165 Å². The number of anilines is 3. The Morgan fingerprint density at radius 3 is 2.36 bits per heavy atom. The highest BCUT2D eigenvalue weighted by molar-refractivity contribution is 7.94. The minimum absolute atomic E-state index is 0.291. The van der Waals surface area contributed by atoms with Crippen LogP contribution in [0.5, 0.6) is 0 Å². The van der Waals surface area contributed by atoms with Gasteiger partial charge >= 0.3 is 0 Å². The van der Waals surface area contributed by atoms with Gasteiger partial charge in [0.25, 0.3) is 10.0 Å². The Morgan fingerprint density at radius 2 is 1.75 bits per heavy atom. The molecule has 2 N–H and O–H groups in total. The summed E-state index contributed by atoms with van der Waals surface area (Å²) in [6.45, 7) is 1.87. The zero-order chi connectivity index (χ0) is 19.6. The van der Waals surface area contributed by atoms with E-state index in [2.05, 4.69) is 25.3 Å². The molecule has 4 rings (SSSR count). The van der Waals surface area contributed by atoms with E-state index >= 15 is 0 Å². The van der Waals surface area contributed by atoms with Crippen molar-refractivity contribution in [3.8, 4) is 5.82 Å². The van der Waals surface area contributed by atoms with Gasteiger partial charge in [-0.3, -0.25) is 4.72 Å². The zero-order valence-corrected chi connectivity index (χ0v) is 16.4. The molecule has 0 aliphatic heterocycles. The molecule has 0 amide bonds. The molecule has 0 aliphatic rings. The van der Waals surface area contributed by atoms with E-state index in [9.17, 15) is 8.42 Å². The molecule has 142 valence electrons. The van der Waals surface area contributed by atoms with Crippen LogP contribution in [0.25, 0.3) is 5.82 Å². The molecule has 0 saturated heterocycles. The van der Waals surface area contributed by atoms with Crippen molar-refractivity contribution in [2.24, 2.45) is 0 Å². The van der Waals surface area contributed by atoms with Crippen LogP contribution in [-0.4, -0.2) is 28.4 Å². The first kappa shape index (κ1) is 18.1. The molecular weight excluding hydrogens is 396 g/mol. The highest BCUT2D eigenvalue weighted by Crippen LogP contribution is 2.24. The number of hydrogen-bond donors (Lipinski definition) is 2. The van der Waals surface area contributed by atoms with E-state index in [0.717, 1.165) is 10.6 Å². The molecule has 4 aromatic rings. The van der Waals surface area contributed by atoms with Crippen molar-refractivity contribution in [3.05, 3.63) is 71.9 Å². The van der Waals surface area contributed by atoms with Gasteiger partial charge in [-0.25, -0.2) is 13.1 Å². The molecule has 0 bridgehead atoms. The average molecular weight is 413 g/mol. The van der Waals surface area contributed by atoms with Crippen molar-refractivity contribution in [2.45, 2.75) is 11.1 Å². The minimum Gasteiger partial charge on any atom is -0.339 e. The molecule has 0 fully saturated rings. The molecule has 0 spiro atoms. The van der Waals surface area contributed by atoms with Crippen LogP contribution < -0.4 is 10.0 Å². The fourth-order valence-corrected chi connectivity index (χ4v) is 4.79. The van der Waals surface area contributed by atoms with Gasteiger partial charge in [0.2, 0.25) is 0 Å². The second-order valence-corrected chi connectivity index (χ2v) is 9.10. The highest BCUT2D eigenvalue weighted by atomic mass is 32.2. The van der Waals surface area contributed by atoms with Crippen LogP contribution in [0.2, 0.25) is 0 Å². The van der Waals surface area contributed by atoms with Gasteiger partial charge in [0.15, 0.2) is 11.6 Å². The maximum Gasteiger partial charge on any atom is 0.271 e. The van der Waals surface area contributed by atoms with Crippen molar-refractivity contribution in [2.75, 3.05) is 10.0 Å². The Hall–Kier alpha value is -3.24. The summed E-state index contributed by atoms with van der Waals surface area (Å²) in [6, 6.07) is 15.7. The number of rotatable bonds is 6. The summed E-state index contributed by atoms with van der Waals surface area (Å²) in [5.41, 5.74) is 1.24. The summed E-state index contributed by atoms with van der Waals surface area (Å²) in [7, 11) is -3.57. The van der Waals surface area contributed by atoms with Crippen molar-refractivity contribution in [3.63, 3.8) is 0 Å². The van der Waals surface area contributed by atoms with Crippen LogP contribution in [0, 0.1) is 6.92 Å². The molecule has 0 aliphatic carbocycles. The van der Waals surface area contributed by atoms with Crippen molar-refractivity contribution >= 4 is 38.6 Å². The van der Waals surface area contributed by atoms with Crippen LogP contribution in [-0.2, 0) is 10.0 Å². The van der Waals surface area contributed by atoms with Gasteiger partial charge in [0.1, 0.15) is 4.21 Å². The lowest BCUT2D eigenvalue weighted by Gasteiger charge is -2.09. The largest absolute Gasteiger partial charge is 0.339 e. The summed E-state index contributed by atoms with van der Waals surface area (Å²) in [6.07, 6.45) is 3.46. The molecule has 0 saturated carbocycles. The number of hydrogen-bond acceptors (Lipinski definition) is 7. The fourth-order valence-electron chi connectivity index (χ4n) is 2.45. The molecule has 0 unspecified atom stereocenters. The predicted octanol–water partition coefficient (Wildman–Crippen LogP) is 3.58. The number of sulfonamides is 1. The lowest BCUT2D eigenvalue weighted by atomic mass is 10.3. The summed E-state index contributed by atoms with van der Waals surface area (Å²) in [4.78, 5) is 0.944. The first-order chi connectivity index (χ1) is 13.5. The number of benzene rings is 1. The smallest absolute Gasteiger partial charge is 0.271 e. The van der Waals surface area contributed by atoms with Crippen LogP contribution in [0.4, 0.5) is 17.2 Å². The van der Waals surface area contributed by atoms with Crippen LogP contribution >= 0.6 is 11.3 Å². The van der Waals surface area contributed by atoms with E-state index in [1.165, 1.54) is 11.3 Å². The zero-order valence-electron chi connectivity index (χ0n) is 14.8. The second kappa shape index (κ2) is 7.41. The maximum atomic E-state index is 12.4. The van der Waals surface area contributed by atoms with Crippen molar-refractivity contribution in [1.82, 2.24) is 20.0 Å². The first-order valence-electron chi connectivity index (χ1n) is 8.30. The number of aryl methyl sites for hydroxylation is 1. The maximum absolute atomic E-state index is 12.4. The SMILES string of the molecule is Cc1ccc(S(=O)(=O)Nc2ccc(Nc3ccc(-n4cccn4)nn3)cc2)s1. The quantitative estimate of drug-likeness (QED) is 0.502. The van der Waals surface area contributed by atoms with Gasteiger partial charge < -0.3 is 5.32 Å². The summed E-state index contributed by atoms with van der Waals surface area (Å²) < 4.78 is 29.2. The van der Waals surface area contributed by atoms with Gasteiger partial charge in [0.05, 0.1) is 0 Å². The summed E-state index contributed by atoms with van der Waals surface area (Å²) in [5, 5.41) is 15.5. The summed E-state index contributed by atoms with van der Waals surface area (Å²) in [5.74, 6) is 1.18. The lowest BCUT2D eigenvalue weighted by Crippen LogP contribution is -2.11. The number of nitrogens with one attached hydrogen (secondary N) is 2. The van der Waals surface area contributed by atoms with Crippen LogP contribution in [0.1, 0.15) is 4.88 Å². The Morgan fingerprint density at radius 1 is 0.964 bits per heavy atom. The van der Waals surface area contributed by atoms with Gasteiger partial charge in [-0.05, 0) is 61.5 Å². The fraction of sp³-hybridized carbons (Fsp3) is 0.0556. The third-order valence-corrected chi connectivity index (χ3v) is 6.65. The van der Waals surface area contributed by atoms with Crippen LogP contribution in [0.3, 0.4) is 0 Å². The standard InChI is InChI=1S/C18H16N6O2S2/c1-13-3-10-18(27-13)28(25,26)23-15-6-4-14(5-7-15)20-16-8-9-17(22-21-16)24-12-2-11-19-24/h2-12,23H,1H3,(H,20,21). The third kappa shape index (κ3) is 4.02. The summed E-state index contributed by atoms with van der Waals surface area (Å²) >= 11 is 1.23. The monoisotopic (exact) mass is 412 g/mol. The molecule has 3 heterocycles. The number of nitrogens with zero attached hydrogens (tertiary/aromatic N) is 4. The van der Waals surface area contributed by atoms with E-state index in [1.54, 1.807) is 65.6 Å². The molecule has 28 heavy (non-hydrogen) atoms. The predicted molar refractivity (Wildman–Crippen MR) is 109 cm³/mol. The number of aromatic nitrogens is 4. The molecule has 0 radical (unpaired) electrons. The minimum atomic E-state index is -3.57. The van der Waals surface area contributed by atoms with Gasteiger partial charge in [0, 0.05) is 28.6 Å². The molecule has 8 nitrogen and oxygen atoms in total. The normalized spacial score (nSPS) is 11.3. The topological polar surface area (TPSA) is 102 Å². The van der Waals surface area contributed by atoms with E-state index in [-0.39, 0.29) is 0 Å². The van der Waals surface area contributed by atoms with Crippen LogP contribution in [0.15, 0.2) is 71.2 Å². The van der Waals surface area contributed by atoms with E-state index in [0.29, 0.717) is 21.5 Å². The first-order valence-corrected chi connectivity index (χ1v) is 10.6. The third-order valence-electron chi connectivity index (χ3n) is 3.78. The Balaban J connectivity index is 1.43. The van der Waals surface area contributed by atoms with E-state index in [4.69, 9.17) is 0 Å². The second-order valence-electron chi connectivity index (χ2n) is 5.90. The molecule has 0 atom stereocenters. The van der Waals surface area contributed by atoms with Gasteiger partial charge in [-0.2, -0.15) is 5.10 Å². The van der Waals surface area contributed by atoms with Crippen molar-refractivity contribution < 1.29 is 8.42 Å². The lowest BCUT2D eigenvalue weighted by molar-refractivity contribution is 0.603. The van der Waals surface area contributed by atoms with E-state index in [1.807, 2.05) is 13.0 Å². The molecule has 10 heteroatoms. The van der Waals surface area contributed by atoms with Gasteiger partial charge in [-0.15, -0.1) is 21.5 Å².